The highest BCUT2D eigenvalue weighted by atomic mass is 16.5. The Bertz CT molecular complexity index is 1140. The van der Waals surface area contributed by atoms with Crippen LogP contribution in [0.25, 0.3) is 11.1 Å². The molecule has 1 saturated heterocycles. The van der Waals surface area contributed by atoms with Crippen LogP contribution in [-0.4, -0.2) is 47.9 Å². The topological polar surface area (TPSA) is 91.8 Å². The summed E-state index contributed by atoms with van der Waals surface area (Å²) < 4.78 is 5.51. The Morgan fingerprint density at radius 3 is 2.24 bits per heavy atom. The van der Waals surface area contributed by atoms with E-state index < -0.39 is 18.1 Å². The summed E-state index contributed by atoms with van der Waals surface area (Å²) in [7, 11) is 0. The number of aromatic nitrogens is 1. The number of hydrogen-bond donors (Lipinski definition) is 2. The molecule has 1 unspecified atom stereocenters. The van der Waals surface area contributed by atoms with E-state index in [-0.39, 0.29) is 18.9 Å². The number of pyridine rings is 1. The van der Waals surface area contributed by atoms with Crippen LogP contribution in [0, 0.1) is 0 Å². The van der Waals surface area contributed by atoms with Crippen molar-refractivity contribution in [1.29, 1.82) is 0 Å². The summed E-state index contributed by atoms with van der Waals surface area (Å²) in [6.07, 6.45) is 3.40. The number of carbonyl (C=O) groups is 2. The molecule has 1 aliphatic carbocycles. The second-order valence-corrected chi connectivity index (χ2v) is 8.78. The van der Waals surface area contributed by atoms with Gasteiger partial charge < -0.3 is 20.1 Å². The smallest absolute Gasteiger partial charge is 0.407 e. The van der Waals surface area contributed by atoms with Crippen molar-refractivity contribution in [3.05, 3.63) is 83.6 Å². The highest BCUT2D eigenvalue weighted by molar-refractivity contribution is 5.81. The number of rotatable bonds is 7. The van der Waals surface area contributed by atoms with Crippen molar-refractivity contribution < 1.29 is 19.4 Å². The number of anilines is 1. The summed E-state index contributed by atoms with van der Waals surface area (Å²) >= 11 is 0. The van der Waals surface area contributed by atoms with Crippen LogP contribution >= 0.6 is 0 Å². The minimum atomic E-state index is -1.11. The quantitative estimate of drug-likeness (QED) is 0.552. The Labute approximate surface area is 198 Å². The maximum Gasteiger partial charge on any atom is 0.407 e. The fraction of sp³-hybridized carbons (Fsp3) is 0.296. The third kappa shape index (κ3) is 4.46. The number of nitrogens with zero attached hydrogens (tertiary/aromatic N) is 2. The lowest BCUT2D eigenvalue weighted by atomic mass is 9.98. The summed E-state index contributed by atoms with van der Waals surface area (Å²) in [5.41, 5.74) is 5.24. The number of nitrogens with one attached hydrogen (secondary N) is 1. The van der Waals surface area contributed by atoms with Gasteiger partial charge >= 0.3 is 12.1 Å². The molecule has 34 heavy (non-hydrogen) atoms. The maximum absolute atomic E-state index is 12.5. The molecule has 3 aromatic rings. The summed E-state index contributed by atoms with van der Waals surface area (Å²) in [4.78, 5) is 31.0. The van der Waals surface area contributed by atoms with Crippen LogP contribution in [0.2, 0.25) is 0 Å². The maximum atomic E-state index is 12.5. The first-order valence-electron chi connectivity index (χ1n) is 11.6. The molecule has 5 rings (SSSR count). The van der Waals surface area contributed by atoms with Gasteiger partial charge in [0.05, 0.1) is 0 Å². The molecule has 0 bridgehead atoms. The van der Waals surface area contributed by atoms with Gasteiger partial charge in [-0.15, -0.1) is 0 Å². The van der Waals surface area contributed by atoms with E-state index in [0.717, 1.165) is 59.6 Å². The second kappa shape index (κ2) is 9.55. The Morgan fingerprint density at radius 2 is 1.65 bits per heavy atom. The predicted octanol–water partition coefficient (Wildman–Crippen LogP) is 4.22. The molecular formula is C27H27N3O4. The average Bonchev–Trinajstić information content (AvgIpc) is 3.50. The lowest BCUT2D eigenvalue weighted by Crippen LogP contribution is -2.43. The molecule has 2 aromatic carbocycles. The van der Waals surface area contributed by atoms with Gasteiger partial charge in [0.15, 0.2) is 0 Å². The largest absolute Gasteiger partial charge is 0.480 e. The van der Waals surface area contributed by atoms with E-state index >= 15 is 0 Å². The van der Waals surface area contributed by atoms with E-state index in [1.54, 1.807) is 6.20 Å². The molecule has 1 fully saturated rings. The van der Waals surface area contributed by atoms with Crippen molar-refractivity contribution in [2.45, 2.75) is 31.2 Å². The van der Waals surface area contributed by atoms with Crippen molar-refractivity contribution in [2.24, 2.45) is 0 Å². The lowest BCUT2D eigenvalue weighted by Gasteiger charge is -2.18. The predicted molar refractivity (Wildman–Crippen MR) is 129 cm³/mol. The number of alkyl carbamates (subject to hydrolysis) is 1. The molecule has 7 heteroatoms. The van der Waals surface area contributed by atoms with Crippen LogP contribution in [0.1, 0.15) is 35.4 Å². The molecule has 0 spiro atoms. The number of ether oxygens (including phenoxy) is 1. The normalized spacial score (nSPS) is 15.5. The van der Waals surface area contributed by atoms with E-state index in [9.17, 15) is 14.7 Å². The number of carboxylic acids is 1. The zero-order chi connectivity index (χ0) is 23.5. The van der Waals surface area contributed by atoms with E-state index in [1.165, 1.54) is 0 Å². The molecule has 174 valence electrons. The van der Waals surface area contributed by atoms with Crippen molar-refractivity contribution >= 4 is 17.9 Å². The number of carbonyl (C=O) groups excluding carboxylic acids is 1. The summed E-state index contributed by atoms with van der Waals surface area (Å²) in [5.74, 6) is -0.293. The van der Waals surface area contributed by atoms with Crippen LogP contribution < -0.4 is 10.2 Å². The molecule has 1 atom stereocenters. The highest BCUT2D eigenvalue weighted by Crippen LogP contribution is 2.44. The number of benzene rings is 2. The van der Waals surface area contributed by atoms with Gasteiger partial charge in [0.1, 0.15) is 18.5 Å². The third-order valence-electron chi connectivity index (χ3n) is 6.61. The molecule has 2 N–H and O–H groups in total. The van der Waals surface area contributed by atoms with Crippen LogP contribution in [0.3, 0.4) is 0 Å². The molecule has 0 saturated carbocycles. The Morgan fingerprint density at radius 1 is 1.00 bits per heavy atom. The number of carboxylic acid groups (broad SMARTS) is 1. The van der Waals surface area contributed by atoms with Crippen molar-refractivity contribution in [3.8, 4) is 11.1 Å². The van der Waals surface area contributed by atoms with Crippen LogP contribution in [-0.2, 0) is 16.0 Å². The third-order valence-corrected chi connectivity index (χ3v) is 6.61. The molecule has 0 radical (unpaired) electrons. The Kier molecular flexibility index (Phi) is 6.16. The molecule has 2 aliphatic rings. The van der Waals surface area contributed by atoms with Gasteiger partial charge in [0, 0.05) is 31.6 Å². The standard InChI is InChI=1S/C27H27N3O4/c31-26(32)24(15-18-11-12-25(28-16-18)30-13-5-6-14-30)29-27(33)34-17-23-21-9-3-1-7-19(21)20-8-2-4-10-22(20)23/h1-4,7-12,16,23-24H,5-6,13-15,17H2,(H,29,33)(H,31,32). The van der Waals surface area contributed by atoms with Crippen LogP contribution in [0.5, 0.6) is 0 Å². The Balaban J connectivity index is 1.21. The second-order valence-electron chi connectivity index (χ2n) is 8.78. The summed E-state index contributed by atoms with van der Waals surface area (Å²) in [5, 5.41) is 12.2. The van der Waals surface area contributed by atoms with E-state index in [1.807, 2.05) is 48.5 Å². The van der Waals surface area contributed by atoms with Gasteiger partial charge in [-0.1, -0.05) is 54.6 Å². The summed E-state index contributed by atoms with van der Waals surface area (Å²) in [6.45, 7) is 2.12. The number of amides is 1. The molecule has 1 aromatic heterocycles. The fourth-order valence-electron chi connectivity index (χ4n) is 4.89. The van der Waals surface area contributed by atoms with Crippen LogP contribution in [0.4, 0.5) is 10.6 Å². The van der Waals surface area contributed by atoms with Gasteiger partial charge in [-0.25, -0.2) is 14.6 Å². The van der Waals surface area contributed by atoms with Crippen molar-refractivity contribution in [2.75, 3.05) is 24.6 Å². The lowest BCUT2D eigenvalue weighted by molar-refractivity contribution is -0.139. The molecule has 1 aliphatic heterocycles. The van der Waals surface area contributed by atoms with Gasteiger partial charge in [0.25, 0.3) is 0 Å². The molecular weight excluding hydrogens is 430 g/mol. The number of aliphatic carboxylic acids is 1. The average molecular weight is 458 g/mol. The minimum absolute atomic E-state index is 0.0799. The summed E-state index contributed by atoms with van der Waals surface area (Å²) in [6, 6.07) is 18.8. The minimum Gasteiger partial charge on any atom is -0.480 e. The first-order valence-corrected chi connectivity index (χ1v) is 11.6. The van der Waals surface area contributed by atoms with Crippen molar-refractivity contribution in [1.82, 2.24) is 10.3 Å². The molecule has 1 amide bonds. The van der Waals surface area contributed by atoms with Gasteiger partial charge in [-0.3, -0.25) is 0 Å². The highest BCUT2D eigenvalue weighted by Gasteiger charge is 2.30. The Hall–Kier alpha value is -3.87. The molecule has 2 heterocycles. The zero-order valence-electron chi connectivity index (χ0n) is 18.8. The van der Waals surface area contributed by atoms with E-state index in [0.29, 0.717) is 0 Å². The monoisotopic (exact) mass is 457 g/mol. The SMILES string of the molecule is O=C(NC(Cc1ccc(N2CCCC2)nc1)C(=O)O)OCC1c2ccccc2-c2ccccc21. The first-order chi connectivity index (χ1) is 16.6. The molecule has 7 nitrogen and oxygen atoms in total. The van der Waals surface area contributed by atoms with Crippen LogP contribution in [0.15, 0.2) is 66.9 Å². The van der Waals surface area contributed by atoms with Gasteiger partial charge in [-0.05, 0) is 46.7 Å². The van der Waals surface area contributed by atoms with Crippen molar-refractivity contribution in [3.63, 3.8) is 0 Å². The van der Waals surface area contributed by atoms with E-state index in [2.05, 4.69) is 27.3 Å². The van der Waals surface area contributed by atoms with Gasteiger partial charge in [0.2, 0.25) is 0 Å². The number of fused-ring (bicyclic) bond motifs is 3. The zero-order valence-corrected chi connectivity index (χ0v) is 18.8. The fourth-order valence-corrected chi connectivity index (χ4v) is 4.89. The first kappa shape index (κ1) is 21.9. The van der Waals surface area contributed by atoms with E-state index in [4.69, 9.17) is 4.74 Å². The number of hydrogen-bond acceptors (Lipinski definition) is 5. The van der Waals surface area contributed by atoms with Gasteiger partial charge in [-0.2, -0.15) is 0 Å².